The average Bonchev–Trinajstić information content (AvgIpc) is 3.45. The van der Waals surface area contributed by atoms with Crippen molar-refractivity contribution in [3.05, 3.63) is 35.1 Å². The van der Waals surface area contributed by atoms with Crippen LogP contribution in [-0.2, 0) is 16.0 Å². The lowest BCUT2D eigenvalue weighted by atomic mass is 10.1. The molecule has 0 unspecified atom stereocenters. The second kappa shape index (κ2) is 9.31. The minimum Gasteiger partial charge on any atom is -0.379 e. The number of fused-ring (bicyclic) bond motifs is 2. The Hall–Kier alpha value is -2.70. The van der Waals surface area contributed by atoms with Gasteiger partial charge in [-0.3, -0.25) is 14.4 Å². The molecule has 1 aromatic carbocycles. The predicted molar refractivity (Wildman–Crippen MR) is 139 cm³/mol. The van der Waals surface area contributed by atoms with E-state index in [1.165, 1.54) is 0 Å². The summed E-state index contributed by atoms with van der Waals surface area (Å²) < 4.78 is 13.2. The van der Waals surface area contributed by atoms with Crippen molar-refractivity contribution in [3.8, 4) is 5.95 Å². The molecule has 11 heteroatoms. The van der Waals surface area contributed by atoms with Gasteiger partial charge in [-0.1, -0.05) is 23.5 Å². The van der Waals surface area contributed by atoms with Gasteiger partial charge in [0.25, 0.3) is 0 Å². The Balaban J connectivity index is 1.22. The summed E-state index contributed by atoms with van der Waals surface area (Å²) in [7, 11) is 0. The molecular formula is C25H30N8O2S. The summed E-state index contributed by atoms with van der Waals surface area (Å²) in [5, 5.41) is 1.10. The van der Waals surface area contributed by atoms with E-state index >= 15 is 0 Å². The third-order valence-corrected chi connectivity index (χ3v) is 8.30. The molecule has 0 saturated carbocycles. The maximum Gasteiger partial charge on any atom is 0.239 e. The Kier molecular flexibility index (Phi) is 5.82. The molecule has 3 saturated heterocycles. The molecule has 36 heavy (non-hydrogen) atoms. The van der Waals surface area contributed by atoms with E-state index in [0.717, 1.165) is 97.1 Å². The number of hydrogen-bond acceptors (Lipinski definition) is 10. The fraction of sp³-hybridized carbons (Fsp3) is 0.520. The molecule has 3 fully saturated rings. The molecule has 3 aromatic heterocycles. The summed E-state index contributed by atoms with van der Waals surface area (Å²) in [6.45, 7) is 11.8. The molecule has 0 atom stereocenters. The lowest BCUT2D eigenvalue weighted by Gasteiger charge is -2.46. The van der Waals surface area contributed by atoms with Gasteiger partial charge in [-0.05, 0) is 19.1 Å². The molecule has 3 aliphatic heterocycles. The molecule has 3 aliphatic rings. The summed E-state index contributed by atoms with van der Waals surface area (Å²) in [6, 6.07) is 8.78. The van der Waals surface area contributed by atoms with Crippen molar-refractivity contribution in [2.75, 3.05) is 70.6 Å². The van der Waals surface area contributed by atoms with E-state index in [1.54, 1.807) is 11.3 Å². The summed E-state index contributed by atoms with van der Waals surface area (Å²) >= 11 is 1.68. The van der Waals surface area contributed by atoms with E-state index in [0.29, 0.717) is 25.2 Å². The van der Waals surface area contributed by atoms with Crippen LogP contribution in [0.15, 0.2) is 24.3 Å². The van der Waals surface area contributed by atoms with Crippen LogP contribution in [0, 0.1) is 6.92 Å². The van der Waals surface area contributed by atoms with Crippen LogP contribution in [0.5, 0.6) is 0 Å². The first-order valence-electron chi connectivity index (χ1n) is 12.7. The number of imidazole rings is 1. The predicted octanol–water partition coefficient (Wildman–Crippen LogP) is 2.09. The van der Waals surface area contributed by atoms with Crippen LogP contribution < -0.4 is 4.90 Å². The third-order valence-electron chi connectivity index (χ3n) is 7.37. The van der Waals surface area contributed by atoms with Gasteiger partial charge in [0, 0.05) is 45.3 Å². The van der Waals surface area contributed by atoms with Crippen LogP contribution in [0.2, 0.25) is 0 Å². The van der Waals surface area contributed by atoms with Gasteiger partial charge in [0.05, 0.1) is 44.0 Å². The first-order valence-corrected chi connectivity index (χ1v) is 13.5. The number of morpholine rings is 2. The summed E-state index contributed by atoms with van der Waals surface area (Å²) in [5.41, 5.74) is 2.86. The van der Waals surface area contributed by atoms with Gasteiger partial charge in [0.15, 0.2) is 10.6 Å². The standard InChI is InChI=1S/C25H30N8O2S/c1-17-26-19-4-2-3-5-20(19)33(17)25-28-23(32-8-12-35-13-9-32)22-24(29-25)36-21(27-22)16-30-14-18(15-30)31-6-10-34-11-7-31/h2-5,18H,6-16H2,1H3. The second-order valence-corrected chi connectivity index (χ2v) is 10.7. The summed E-state index contributed by atoms with van der Waals surface area (Å²) in [5.74, 6) is 2.43. The number of aromatic nitrogens is 5. The zero-order valence-corrected chi connectivity index (χ0v) is 21.3. The van der Waals surface area contributed by atoms with Gasteiger partial charge < -0.3 is 14.4 Å². The van der Waals surface area contributed by atoms with E-state index in [2.05, 4.69) is 25.3 Å². The first kappa shape index (κ1) is 22.5. The maximum absolute atomic E-state index is 5.62. The van der Waals surface area contributed by atoms with Crippen LogP contribution in [0.3, 0.4) is 0 Å². The highest BCUT2D eigenvalue weighted by Crippen LogP contribution is 2.32. The normalized spacial score (nSPS) is 20.4. The van der Waals surface area contributed by atoms with Crippen molar-refractivity contribution in [3.63, 3.8) is 0 Å². The zero-order chi connectivity index (χ0) is 24.1. The number of ether oxygens (including phenoxy) is 2. The van der Waals surface area contributed by atoms with E-state index in [9.17, 15) is 0 Å². The smallest absolute Gasteiger partial charge is 0.239 e. The molecule has 0 amide bonds. The highest BCUT2D eigenvalue weighted by atomic mass is 32.1. The number of rotatable bonds is 5. The van der Waals surface area contributed by atoms with Crippen LogP contribution in [0.25, 0.3) is 27.3 Å². The lowest BCUT2D eigenvalue weighted by Crippen LogP contribution is -2.60. The molecule has 0 spiro atoms. The molecule has 10 nitrogen and oxygen atoms in total. The molecule has 0 N–H and O–H groups in total. The SMILES string of the molecule is Cc1nc2ccccc2n1-c1nc(N2CCOCC2)c2nc(CN3CC(N4CCOCC4)C3)sc2n1. The third kappa shape index (κ3) is 4.04. The molecule has 0 aliphatic carbocycles. The van der Waals surface area contributed by atoms with Gasteiger partial charge >= 0.3 is 0 Å². The monoisotopic (exact) mass is 506 g/mol. The van der Waals surface area contributed by atoms with Crippen LogP contribution in [0.4, 0.5) is 5.82 Å². The zero-order valence-electron chi connectivity index (χ0n) is 20.5. The summed E-state index contributed by atoms with van der Waals surface area (Å²) in [6.07, 6.45) is 0. The minimum atomic E-state index is 0.635. The number of likely N-dealkylation sites (tertiary alicyclic amines) is 1. The van der Waals surface area contributed by atoms with Crippen molar-refractivity contribution < 1.29 is 9.47 Å². The number of thiazole rings is 1. The molecule has 0 bridgehead atoms. The fourth-order valence-electron chi connectivity index (χ4n) is 5.44. The Labute approximate surface area is 213 Å². The van der Waals surface area contributed by atoms with Crippen molar-refractivity contribution >= 4 is 38.5 Å². The van der Waals surface area contributed by atoms with Gasteiger partial charge in [0.1, 0.15) is 16.3 Å². The number of aryl methyl sites for hydroxylation is 1. The average molecular weight is 507 g/mol. The number of nitrogens with zero attached hydrogens (tertiary/aromatic N) is 8. The Morgan fingerprint density at radius 2 is 1.67 bits per heavy atom. The number of para-hydroxylation sites is 2. The highest BCUT2D eigenvalue weighted by molar-refractivity contribution is 7.18. The van der Waals surface area contributed by atoms with Crippen LogP contribution in [0.1, 0.15) is 10.8 Å². The first-order chi connectivity index (χ1) is 17.7. The molecule has 7 rings (SSSR count). The Morgan fingerprint density at radius 1 is 0.917 bits per heavy atom. The van der Waals surface area contributed by atoms with E-state index < -0.39 is 0 Å². The van der Waals surface area contributed by atoms with E-state index in [4.69, 9.17) is 29.4 Å². The maximum atomic E-state index is 5.62. The minimum absolute atomic E-state index is 0.635. The van der Waals surface area contributed by atoms with Crippen LogP contribution >= 0.6 is 11.3 Å². The largest absolute Gasteiger partial charge is 0.379 e. The van der Waals surface area contributed by atoms with Gasteiger partial charge in [-0.15, -0.1) is 0 Å². The van der Waals surface area contributed by atoms with Gasteiger partial charge in [0.2, 0.25) is 5.95 Å². The van der Waals surface area contributed by atoms with Crippen LogP contribution in [-0.4, -0.2) is 106 Å². The quantitative estimate of drug-likeness (QED) is 0.404. The molecule has 6 heterocycles. The van der Waals surface area contributed by atoms with E-state index in [-0.39, 0.29) is 0 Å². The lowest BCUT2D eigenvalue weighted by molar-refractivity contribution is -0.0344. The second-order valence-electron chi connectivity index (χ2n) is 9.69. The molecule has 188 valence electrons. The topological polar surface area (TPSA) is 84.7 Å². The Bertz CT molecular complexity index is 1390. The van der Waals surface area contributed by atoms with Crippen molar-refractivity contribution in [2.45, 2.75) is 19.5 Å². The molecule has 0 radical (unpaired) electrons. The fourth-order valence-corrected chi connectivity index (χ4v) is 6.41. The number of benzene rings is 1. The Morgan fingerprint density at radius 3 is 2.47 bits per heavy atom. The molecule has 4 aromatic rings. The van der Waals surface area contributed by atoms with Gasteiger partial charge in [-0.2, -0.15) is 9.97 Å². The van der Waals surface area contributed by atoms with Crippen molar-refractivity contribution in [1.29, 1.82) is 0 Å². The number of hydrogen-bond donors (Lipinski definition) is 0. The van der Waals surface area contributed by atoms with Gasteiger partial charge in [-0.25, -0.2) is 9.97 Å². The molecular weight excluding hydrogens is 476 g/mol. The highest BCUT2D eigenvalue weighted by Gasteiger charge is 2.33. The van der Waals surface area contributed by atoms with Crippen molar-refractivity contribution in [2.24, 2.45) is 0 Å². The number of anilines is 1. The van der Waals surface area contributed by atoms with E-state index in [1.807, 2.05) is 25.1 Å². The van der Waals surface area contributed by atoms with Crippen molar-refractivity contribution in [1.82, 2.24) is 34.3 Å². The summed E-state index contributed by atoms with van der Waals surface area (Å²) in [4.78, 5) is 28.1.